The van der Waals surface area contributed by atoms with Crippen molar-refractivity contribution in [1.29, 1.82) is 0 Å². The van der Waals surface area contributed by atoms with Crippen LogP contribution in [0.25, 0.3) is 11.0 Å². The Morgan fingerprint density at radius 3 is 2.59 bits per heavy atom. The number of rotatable bonds is 4. The molecule has 5 nitrogen and oxygen atoms in total. The second-order valence-corrected chi connectivity index (χ2v) is 5.47. The molecule has 1 saturated heterocycles. The molecule has 0 atom stereocenters. The van der Waals surface area contributed by atoms with E-state index in [-0.39, 0.29) is 18.2 Å². The van der Waals surface area contributed by atoms with E-state index >= 15 is 0 Å². The molecule has 3 rings (SSSR count). The predicted molar refractivity (Wildman–Crippen MR) is 89.4 cm³/mol. The standard InChI is InChI=1S/C16H20N2O3.ClH/c1-2-5-17-6-8-18(9-7-17)13-3-4-14-12(10-13)11-15(21-14)16(19)20;/h3-4,10-11H,2,5-9H2,1H3,(H,19,20);1H. The van der Waals surface area contributed by atoms with E-state index in [1.165, 1.54) is 6.42 Å². The van der Waals surface area contributed by atoms with Crippen molar-refractivity contribution in [3.8, 4) is 0 Å². The van der Waals surface area contributed by atoms with Gasteiger partial charge in [0.15, 0.2) is 0 Å². The summed E-state index contributed by atoms with van der Waals surface area (Å²) in [5.74, 6) is -1.03. The lowest BCUT2D eigenvalue weighted by Gasteiger charge is -2.36. The monoisotopic (exact) mass is 324 g/mol. The highest BCUT2D eigenvalue weighted by molar-refractivity contribution is 5.92. The second kappa shape index (κ2) is 7.03. The van der Waals surface area contributed by atoms with Gasteiger partial charge in [-0.15, -0.1) is 12.4 Å². The zero-order valence-corrected chi connectivity index (χ0v) is 13.4. The molecule has 0 unspecified atom stereocenters. The fourth-order valence-electron chi connectivity index (χ4n) is 2.88. The Bertz CT molecular complexity index is 648. The van der Waals surface area contributed by atoms with E-state index in [0.29, 0.717) is 5.58 Å². The van der Waals surface area contributed by atoms with Gasteiger partial charge in [-0.25, -0.2) is 4.79 Å². The highest BCUT2D eigenvalue weighted by Gasteiger charge is 2.17. The first kappa shape index (κ1) is 16.6. The van der Waals surface area contributed by atoms with Crippen LogP contribution in [0.5, 0.6) is 0 Å². The summed E-state index contributed by atoms with van der Waals surface area (Å²) < 4.78 is 5.29. The Morgan fingerprint density at radius 1 is 1.23 bits per heavy atom. The minimum atomic E-state index is -1.03. The summed E-state index contributed by atoms with van der Waals surface area (Å²) in [6.07, 6.45) is 1.19. The van der Waals surface area contributed by atoms with Crippen molar-refractivity contribution < 1.29 is 14.3 Å². The molecule has 2 aromatic rings. The smallest absolute Gasteiger partial charge is 0.371 e. The van der Waals surface area contributed by atoms with Gasteiger partial charge in [0.2, 0.25) is 5.76 Å². The lowest BCUT2D eigenvalue weighted by molar-refractivity contribution is 0.0665. The van der Waals surface area contributed by atoms with E-state index < -0.39 is 5.97 Å². The largest absolute Gasteiger partial charge is 0.475 e. The number of nitrogens with zero attached hydrogens (tertiary/aromatic N) is 2. The van der Waals surface area contributed by atoms with E-state index in [1.807, 2.05) is 18.2 Å². The first-order valence-corrected chi connectivity index (χ1v) is 7.41. The van der Waals surface area contributed by atoms with E-state index in [0.717, 1.165) is 43.8 Å². The SMILES string of the molecule is CCCN1CCN(c2ccc3oc(C(=O)O)cc3c2)CC1.Cl. The molecule has 0 aliphatic carbocycles. The van der Waals surface area contributed by atoms with Crippen LogP contribution in [0.1, 0.15) is 23.9 Å². The van der Waals surface area contributed by atoms with Gasteiger partial charge in [-0.1, -0.05) is 6.92 Å². The maximum atomic E-state index is 10.9. The number of carboxylic acids is 1. The molecule has 0 radical (unpaired) electrons. The first-order chi connectivity index (χ1) is 10.2. The second-order valence-electron chi connectivity index (χ2n) is 5.47. The molecule has 22 heavy (non-hydrogen) atoms. The number of carbonyl (C=O) groups is 1. The number of aromatic carboxylic acids is 1. The third kappa shape index (κ3) is 3.36. The topological polar surface area (TPSA) is 56.9 Å². The molecule has 1 fully saturated rings. The molecular weight excluding hydrogens is 304 g/mol. The Balaban J connectivity index is 0.00000176. The molecule has 1 aromatic heterocycles. The normalized spacial score (nSPS) is 15.8. The molecule has 1 aromatic carbocycles. The third-order valence-corrected chi connectivity index (χ3v) is 3.99. The van der Waals surface area contributed by atoms with Crippen molar-refractivity contribution in [2.75, 3.05) is 37.6 Å². The lowest BCUT2D eigenvalue weighted by atomic mass is 10.2. The van der Waals surface area contributed by atoms with Gasteiger partial charge in [0.1, 0.15) is 5.58 Å². The summed E-state index contributed by atoms with van der Waals surface area (Å²) >= 11 is 0. The number of hydrogen-bond acceptors (Lipinski definition) is 4. The van der Waals surface area contributed by atoms with Gasteiger partial charge in [0.05, 0.1) is 0 Å². The predicted octanol–water partition coefficient (Wildman–Crippen LogP) is 3.08. The molecule has 1 N–H and O–H groups in total. The number of piperazine rings is 1. The quantitative estimate of drug-likeness (QED) is 0.936. The van der Waals surface area contributed by atoms with E-state index in [9.17, 15) is 4.79 Å². The van der Waals surface area contributed by atoms with E-state index in [1.54, 1.807) is 6.07 Å². The minimum absolute atomic E-state index is 0. The molecule has 0 amide bonds. The fraction of sp³-hybridized carbons (Fsp3) is 0.438. The Hall–Kier alpha value is -1.72. The summed E-state index contributed by atoms with van der Waals surface area (Å²) in [6.45, 7) is 7.55. The number of carboxylic acid groups (broad SMARTS) is 1. The van der Waals surface area contributed by atoms with Gasteiger partial charge in [-0.05, 0) is 37.2 Å². The maximum Gasteiger partial charge on any atom is 0.371 e. The van der Waals surface area contributed by atoms with Crippen molar-refractivity contribution in [2.45, 2.75) is 13.3 Å². The Kier molecular flexibility index (Phi) is 5.32. The number of halogens is 1. The van der Waals surface area contributed by atoms with Crippen molar-refractivity contribution in [3.63, 3.8) is 0 Å². The van der Waals surface area contributed by atoms with Crippen LogP contribution >= 0.6 is 12.4 Å². The van der Waals surface area contributed by atoms with Gasteiger partial charge in [-0.3, -0.25) is 4.90 Å². The maximum absolute atomic E-state index is 10.9. The van der Waals surface area contributed by atoms with Crippen LogP contribution in [0, 0.1) is 0 Å². The number of benzene rings is 1. The summed E-state index contributed by atoms with van der Waals surface area (Å²) in [5, 5.41) is 9.82. The van der Waals surface area contributed by atoms with Crippen LogP contribution in [0.2, 0.25) is 0 Å². The van der Waals surface area contributed by atoms with Gasteiger partial charge < -0.3 is 14.4 Å². The zero-order chi connectivity index (χ0) is 14.8. The van der Waals surface area contributed by atoms with Crippen molar-refractivity contribution in [1.82, 2.24) is 4.90 Å². The molecule has 120 valence electrons. The van der Waals surface area contributed by atoms with E-state index in [2.05, 4.69) is 16.7 Å². The molecule has 0 saturated carbocycles. The van der Waals surface area contributed by atoms with Gasteiger partial charge in [0, 0.05) is 37.3 Å². The summed E-state index contributed by atoms with van der Waals surface area (Å²) in [6, 6.07) is 7.47. The van der Waals surface area contributed by atoms with Crippen LogP contribution in [0.3, 0.4) is 0 Å². The van der Waals surface area contributed by atoms with Crippen LogP contribution in [-0.2, 0) is 0 Å². The summed E-state index contributed by atoms with van der Waals surface area (Å²) in [5.41, 5.74) is 1.76. The van der Waals surface area contributed by atoms with Gasteiger partial charge >= 0.3 is 5.97 Å². The highest BCUT2D eigenvalue weighted by atomic mass is 35.5. The van der Waals surface area contributed by atoms with E-state index in [4.69, 9.17) is 9.52 Å². The Labute approximate surface area is 135 Å². The Morgan fingerprint density at radius 2 is 1.95 bits per heavy atom. The average molecular weight is 325 g/mol. The molecule has 6 heteroatoms. The number of fused-ring (bicyclic) bond motifs is 1. The fourth-order valence-corrected chi connectivity index (χ4v) is 2.88. The minimum Gasteiger partial charge on any atom is -0.475 e. The molecular formula is C16H21ClN2O3. The molecule has 2 heterocycles. The lowest BCUT2D eigenvalue weighted by Crippen LogP contribution is -2.46. The van der Waals surface area contributed by atoms with Crippen LogP contribution in [0.4, 0.5) is 5.69 Å². The summed E-state index contributed by atoms with van der Waals surface area (Å²) in [4.78, 5) is 15.8. The van der Waals surface area contributed by atoms with Crippen molar-refractivity contribution in [3.05, 3.63) is 30.0 Å². The van der Waals surface area contributed by atoms with Crippen LogP contribution in [0.15, 0.2) is 28.7 Å². The average Bonchev–Trinajstić information content (AvgIpc) is 2.91. The molecule has 1 aliphatic heterocycles. The molecule has 1 aliphatic rings. The van der Waals surface area contributed by atoms with Crippen LogP contribution in [-0.4, -0.2) is 48.7 Å². The number of hydrogen-bond donors (Lipinski definition) is 1. The first-order valence-electron chi connectivity index (χ1n) is 7.41. The van der Waals surface area contributed by atoms with Gasteiger partial charge in [-0.2, -0.15) is 0 Å². The third-order valence-electron chi connectivity index (χ3n) is 3.99. The molecule has 0 bridgehead atoms. The zero-order valence-electron chi connectivity index (χ0n) is 12.6. The molecule has 0 spiro atoms. The number of anilines is 1. The van der Waals surface area contributed by atoms with Gasteiger partial charge in [0.25, 0.3) is 0 Å². The highest BCUT2D eigenvalue weighted by Crippen LogP contribution is 2.26. The number of furan rings is 1. The van der Waals surface area contributed by atoms with Crippen molar-refractivity contribution in [2.24, 2.45) is 0 Å². The summed E-state index contributed by atoms with van der Waals surface area (Å²) in [7, 11) is 0. The van der Waals surface area contributed by atoms with Crippen LogP contribution < -0.4 is 4.90 Å². The van der Waals surface area contributed by atoms with Crippen molar-refractivity contribution >= 4 is 35.0 Å².